The van der Waals surface area contributed by atoms with Gasteiger partial charge < -0.3 is 5.32 Å². The molecule has 0 atom stereocenters. The van der Waals surface area contributed by atoms with Crippen LogP contribution in [0.5, 0.6) is 0 Å². The van der Waals surface area contributed by atoms with Crippen molar-refractivity contribution in [3.8, 4) is 0 Å². The lowest BCUT2D eigenvalue weighted by Crippen LogP contribution is -2.02. The summed E-state index contributed by atoms with van der Waals surface area (Å²) in [6, 6.07) is 15.6. The van der Waals surface area contributed by atoms with Crippen LogP contribution in [0.3, 0.4) is 0 Å². The largest absolute Gasteiger partial charge is 0.370 e. The Balaban J connectivity index is 0.000000149. The molecule has 2 aromatic rings. The molecule has 2 aliphatic rings. The van der Waals surface area contributed by atoms with Gasteiger partial charge in [0.05, 0.1) is 10.6 Å². The zero-order chi connectivity index (χ0) is 14.0. The van der Waals surface area contributed by atoms with Gasteiger partial charge >= 0.3 is 0 Å². The minimum Gasteiger partial charge on any atom is -0.370 e. The van der Waals surface area contributed by atoms with E-state index < -0.39 is 9.84 Å². The third kappa shape index (κ3) is 2.69. The lowest BCUT2D eigenvalue weighted by molar-refractivity contribution is 0.601. The Morgan fingerprint density at radius 2 is 1.55 bits per heavy atom. The number of anilines is 1. The first-order valence-electron chi connectivity index (χ1n) is 6.37. The summed E-state index contributed by atoms with van der Waals surface area (Å²) < 4.78 is 22.4. The van der Waals surface area contributed by atoms with Gasteiger partial charge in [0.2, 0.25) is 0 Å². The minimum absolute atomic E-state index is 0. The monoisotopic (exact) mass is 307 g/mol. The molecule has 0 radical (unpaired) electrons. The van der Waals surface area contributed by atoms with Crippen LogP contribution in [-0.4, -0.2) is 14.3 Å². The summed E-state index contributed by atoms with van der Waals surface area (Å²) in [5.41, 5.74) is 3.78. The van der Waals surface area contributed by atoms with Crippen LogP contribution in [0.15, 0.2) is 53.4 Å². The molecule has 2 aromatic carbocycles. The lowest BCUT2D eigenvalue weighted by atomic mass is 10.1. The van der Waals surface area contributed by atoms with Crippen LogP contribution in [0, 0.1) is 0 Å². The fourth-order valence-electron chi connectivity index (χ4n) is 2.24. The number of fused-ring (bicyclic) bond motifs is 2. The molecule has 0 aliphatic carbocycles. The van der Waals surface area contributed by atoms with Gasteiger partial charge in [-0.3, -0.25) is 0 Å². The summed E-state index contributed by atoms with van der Waals surface area (Å²) >= 11 is 2.00. The van der Waals surface area contributed by atoms with E-state index in [2.05, 4.69) is 29.6 Å². The smallest absolute Gasteiger partial charge is 0.198 e. The van der Waals surface area contributed by atoms with Crippen molar-refractivity contribution in [2.75, 3.05) is 11.2 Å². The van der Waals surface area contributed by atoms with Crippen molar-refractivity contribution in [2.24, 2.45) is 0 Å². The number of hydrogen-bond acceptors (Lipinski definition) is 4. The van der Waals surface area contributed by atoms with Gasteiger partial charge in [-0.2, -0.15) is 11.8 Å². The summed E-state index contributed by atoms with van der Waals surface area (Å²) in [5.74, 6) is 2.47. The molecule has 2 heterocycles. The lowest BCUT2D eigenvalue weighted by Gasteiger charge is -1.92. The van der Waals surface area contributed by atoms with E-state index in [-0.39, 0.29) is 7.30 Å². The standard InChI is InChI=1S/C8H8S.C7H7NO2S.H2/c1-2-4-8-6-9-5-7(8)3-1;9-11(10)5-8-6-3-1-2-4-7(6)11;/h1-4H,5-6H2;1-4,8H,5H2;1H. The van der Waals surface area contributed by atoms with Crippen LogP contribution < -0.4 is 5.32 Å². The van der Waals surface area contributed by atoms with Crippen molar-refractivity contribution < 1.29 is 9.84 Å². The predicted octanol–water partition coefficient (Wildman–Crippen LogP) is 3.52. The molecule has 5 heteroatoms. The molecule has 0 spiro atoms. The number of hydrogen-bond donors (Lipinski definition) is 1. The van der Waals surface area contributed by atoms with E-state index >= 15 is 0 Å². The summed E-state index contributed by atoms with van der Waals surface area (Å²) in [6.45, 7) is 0. The molecule has 0 aromatic heterocycles. The number of para-hydroxylation sites is 1. The van der Waals surface area contributed by atoms with Crippen LogP contribution in [0.25, 0.3) is 0 Å². The van der Waals surface area contributed by atoms with E-state index in [1.54, 1.807) is 18.2 Å². The highest BCUT2D eigenvalue weighted by molar-refractivity contribution is 7.98. The van der Waals surface area contributed by atoms with Crippen LogP contribution in [0.2, 0.25) is 0 Å². The number of benzene rings is 2. The molecule has 0 unspecified atom stereocenters. The van der Waals surface area contributed by atoms with Gasteiger partial charge in [-0.05, 0) is 23.3 Å². The molecule has 0 saturated carbocycles. The Kier molecular flexibility index (Phi) is 3.72. The van der Waals surface area contributed by atoms with Crippen molar-refractivity contribution in [1.82, 2.24) is 0 Å². The van der Waals surface area contributed by atoms with E-state index in [9.17, 15) is 8.42 Å². The summed E-state index contributed by atoms with van der Waals surface area (Å²) in [5, 5.41) is 2.80. The molecule has 20 heavy (non-hydrogen) atoms. The van der Waals surface area contributed by atoms with E-state index in [0.29, 0.717) is 10.6 Å². The molecule has 2 aliphatic heterocycles. The van der Waals surface area contributed by atoms with Crippen LogP contribution in [-0.2, 0) is 21.3 Å². The second kappa shape index (κ2) is 5.50. The Bertz CT molecular complexity index is 709. The van der Waals surface area contributed by atoms with Gasteiger partial charge in [0.1, 0.15) is 5.88 Å². The van der Waals surface area contributed by atoms with Crippen molar-refractivity contribution in [2.45, 2.75) is 16.4 Å². The molecule has 4 rings (SSSR count). The van der Waals surface area contributed by atoms with Gasteiger partial charge in [-0.1, -0.05) is 36.4 Å². The summed E-state index contributed by atoms with van der Waals surface area (Å²) in [6.07, 6.45) is 0. The summed E-state index contributed by atoms with van der Waals surface area (Å²) in [4.78, 5) is 0.417. The highest BCUT2D eigenvalue weighted by Gasteiger charge is 2.24. The first-order chi connectivity index (χ1) is 9.67. The molecular weight excluding hydrogens is 290 g/mol. The van der Waals surface area contributed by atoms with Gasteiger partial charge in [-0.25, -0.2) is 8.42 Å². The van der Waals surface area contributed by atoms with Crippen molar-refractivity contribution >= 4 is 27.3 Å². The molecule has 0 fully saturated rings. The van der Waals surface area contributed by atoms with Crippen molar-refractivity contribution in [1.29, 1.82) is 0 Å². The topological polar surface area (TPSA) is 46.2 Å². The van der Waals surface area contributed by atoms with Gasteiger partial charge in [0.25, 0.3) is 0 Å². The second-order valence-corrected chi connectivity index (χ2v) is 7.64. The van der Waals surface area contributed by atoms with E-state index in [1.165, 1.54) is 22.6 Å². The maximum atomic E-state index is 11.2. The van der Waals surface area contributed by atoms with Crippen LogP contribution in [0.1, 0.15) is 12.6 Å². The molecule has 0 bridgehead atoms. The SMILES string of the molecule is O=S1(=O)CNc2ccccc21.[HH].c1ccc2c(c1)CSC2. The number of sulfone groups is 1. The van der Waals surface area contributed by atoms with Crippen LogP contribution in [0.4, 0.5) is 5.69 Å². The van der Waals surface area contributed by atoms with Crippen molar-refractivity contribution in [3.05, 3.63) is 59.7 Å². The Morgan fingerprint density at radius 1 is 0.950 bits per heavy atom. The van der Waals surface area contributed by atoms with Gasteiger partial charge in [0.15, 0.2) is 9.84 Å². The average molecular weight is 307 g/mol. The Morgan fingerprint density at radius 3 is 2.20 bits per heavy atom. The molecule has 0 amide bonds. The number of rotatable bonds is 0. The van der Waals surface area contributed by atoms with Gasteiger partial charge in [0, 0.05) is 12.9 Å². The molecule has 1 N–H and O–H groups in total. The summed E-state index contributed by atoms with van der Waals surface area (Å²) in [7, 11) is -3.02. The molecule has 0 saturated heterocycles. The highest BCUT2D eigenvalue weighted by Crippen LogP contribution is 2.28. The average Bonchev–Trinajstić information content (AvgIpc) is 3.05. The number of thioether (sulfide) groups is 1. The predicted molar refractivity (Wildman–Crippen MR) is 85.7 cm³/mol. The molecule has 3 nitrogen and oxygen atoms in total. The zero-order valence-corrected chi connectivity index (χ0v) is 12.5. The first-order valence-corrected chi connectivity index (χ1v) is 9.18. The first kappa shape index (κ1) is 13.5. The fourth-order valence-corrected chi connectivity index (χ4v) is 4.61. The minimum atomic E-state index is -3.02. The Labute approximate surface area is 124 Å². The quantitative estimate of drug-likeness (QED) is 0.809. The molecule has 106 valence electrons. The van der Waals surface area contributed by atoms with Crippen LogP contribution >= 0.6 is 11.8 Å². The maximum Gasteiger partial charge on any atom is 0.198 e. The van der Waals surface area contributed by atoms with E-state index in [4.69, 9.17) is 0 Å². The third-order valence-electron chi connectivity index (χ3n) is 3.31. The zero-order valence-electron chi connectivity index (χ0n) is 10.9. The van der Waals surface area contributed by atoms with E-state index in [1.807, 2.05) is 17.8 Å². The highest BCUT2D eigenvalue weighted by atomic mass is 32.2. The van der Waals surface area contributed by atoms with Gasteiger partial charge in [-0.15, -0.1) is 0 Å². The number of nitrogens with one attached hydrogen (secondary N) is 1. The van der Waals surface area contributed by atoms with Crippen molar-refractivity contribution in [3.63, 3.8) is 0 Å². The third-order valence-corrected chi connectivity index (χ3v) is 5.89. The second-order valence-electron chi connectivity index (χ2n) is 4.69. The van der Waals surface area contributed by atoms with E-state index in [0.717, 1.165) is 0 Å². The maximum absolute atomic E-state index is 11.2. The normalized spacial score (nSPS) is 17.4. The molecular formula is C15H17NO2S2. The fraction of sp³-hybridized carbons (Fsp3) is 0.200. The Hall–Kier alpha value is -1.46.